The minimum Gasteiger partial charge on any atom is -0.140 e. The van der Waals surface area contributed by atoms with Crippen LogP contribution in [0.2, 0.25) is 0 Å². The number of rotatable bonds is 0. The number of hydrogen-bond acceptors (Lipinski definition) is 1. The summed E-state index contributed by atoms with van der Waals surface area (Å²) in [6.07, 6.45) is 0. The van der Waals surface area contributed by atoms with E-state index in [1.807, 2.05) is 23.5 Å². The van der Waals surface area contributed by atoms with Crippen LogP contribution in [0.4, 0.5) is 0 Å². The Labute approximate surface area is 70.5 Å². The highest BCUT2D eigenvalue weighted by Crippen LogP contribution is 2.28. The molecule has 2 aromatic rings. The fraction of sp³-hybridized carbons (Fsp3) is 0.200. The third kappa shape index (κ3) is 0.962. The third-order valence-corrected chi connectivity index (χ3v) is 3.16. The maximum Gasteiger partial charge on any atom is 0.0354 e. The molecule has 0 spiro atoms. The van der Waals surface area contributed by atoms with Gasteiger partial charge in [0.1, 0.15) is 0 Å². The molecule has 11 heavy (non-hydrogen) atoms. The van der Waals surface area contributed by atoms with Crippen molar-refractivity contribution in [2.45, 2.75) is 13.8 Å². The van der Waals surface area contributed by atoms with Crippen LogP contribution in [-0.4, -0.2) is 0 Å². The fourth-order valence-corrected chi connectivity index (χ4v) is 2.26. The monoisotopic (exact) mass is 161 g/mol. The van der Waals surface area contributed by atoms with Crippen LogP contribution in [0.3, 0.4) is 0 Å². The number of thiophene rings is 1. The van der Waals surface area contributed by atoms with E-state index in [4.69, 9.17) is 0 Å². The van der Waals surface area contributed by atoms with Gasteiger partial charge in [0, 0.05) is 15.0 Å². The first-order valence-corrected chi connectivity index (χ1v) is 4.47. The molecule has 1 aromatic carbocycles. The second-order valence-electron chi connectivity index (χ2n) is 2.69. The van der Waals surface area contributed by atoms with Gasteiger partial charge in [-0.3, -0.25) is 0 Å². The molecule has 0 aliphatic rings. The summed E-state index contributed by atoms with van der Waals surface area (Å²) in [4.78, 5) is 1.41. The highest BCUT2D eigenvalue weighted by molar-refractivity contribution is 7.19. The first-order chi connectivity index (χ1) is 5.29. The van der Waals surface area contributed by atoms with Gasteiger partial charge in [0.2, 0.25) is 0 Å². The van der Waals surface area contributed by atoms with Gasteiger partial charge in [0.05, 0.1) is 0 Å². The molecule has 0 unspecified atom stereocenters. The van der Waals surface area contributed by atoms with Gasteiger partial charge in [0.15, 0.2) is 0 Å². The van der Waals surface area contributed by atoms with Gasteiger partial charge in [-0.1, -0.05) is 12.1 Å². The normalized spacial score (nSPS) is 10.7. The molecule has 0 N–H and O–H groups in total. The molecule has 0 saturated carbocycles. The van der Waals surface area contributed by atoms with E-state index in [2.05, 4.69) is 26.0 Å². The van der Waals surface area contributed by atoms with Crippen molar-refractivity contribution in [3.63, 3.8) is 0 Å². The van der Waals surface area contributed by atoms with Gasteiger partial charge < -0.3 is 0 Å². The second-order valence-corrected chi connectivity index (χ2v) is 3.95. The zero-order valence-corrected chi connectivity index (χ0v) is 7.46. The lowest BCUT2D eigenvalue weighted by Gasteiger charge is -1.87. The van der Waals surface area contributed by atoms with E-state index in [9.17, 15) is 0 Å². The molecule has 0 fully saturated rings. The van der Waals surface area contributed by atoms with Crippen LogP contribution < -0.4 is 0 Å². The summed E-state index contributed by atoms with van der Waals surface area (Å²) in [5.74, 6) is 0. The van der Waals surface area contributed by atoms with Crippen LogP contribution in [-0.2, 0) is 0 Å². The van der Waals surface area contributed by atoms with Gasteiger partial charge in [-0.15, -0.1) is 11.3 Å². The molecule has 0 atom stereocenters. The zero-order valence-electron chi connectivity index (χ0n) is 6.64. The van der Waals surface area contributed by atoms with E-state index in [-0.39, 0.29) is 0 Å². The largest absolute Gasteiger partial charge is 0.140 e. The van der Waals surface area contributed by atoms with E-state index >= 15 is 0 Å². The highest BCUT2D eigenvalue weighted by Gasteiger charge is 2.02. The minimum absolute atomic E-state index is 1.29. The average molecular weight is 161 g/mol. The van der Waals surface area contributed by atoms with Crippen molar-refractivity contribution in [2.24, 2.45) is 0 Å². The van der Waals surface area contributed by atoms with E-state index < -0.39 is 0 Å². The summed E-state index contributed by atoms with van der Waals surface area (Å²) in [5.41, 5.74) is 1.38. The minimum atomic E-state index is 1.29. The average Bonchev–Trinajstić information content (AvgIpc) is 2.30. The molecule has 1 radical (unpaired) electrons. The second kappa shape index (κ2) is 2.35. The predicted molar refractivity (Wildman–Crippen MR) is 50.1 cm³/mol. The lowest BCUT2D eigenvalue weighted by molar-refractivity contribution is 1.47. The van der Waals surface area contributed by atoms with E-state index in [0.29, 0.717) is 0 Å². The molecule has 0 aliphatic carbocycles. The van der Waals surface area contributed by atoms with Crippen molar-refractivity contribution in [1.29, 1.82) is 0 Å². The number of aryl methyl sites for hydroxylation is 2. The first kappa shape index (κ1) is 6.86. The Balaban J connectivity index is 2.92. The highest BCUT2D eigenvalue weighted by atomic mass is 32.1. The predicted octanol–water partition coefficient (Wildman–Crippen LogP) is 3.32. The summed E-state index contributed by atoms with van der Waals surface area (Å²) >= 11 is 1.85. The van der Waals surface area contributed by atoms with Gasteiger partial charge in [-0.2, -0.15) is 0 Å². The van der Waals surface area contributed by atoms with Gasteiger partial charge >= 0.3 is 0 Å². The van der Waals surface area contributed by atoms with Crippen LogP contribution in [0.1, 0.15) is 10.4 Å². The van der Waals surface area contributed by atoms with Crippen LogP contribution in [0.5, 0.6) is 0 Å². The maximum absolute atomic E-state index is 3.25. The molecule has 0 bridgehead atoms. The van der Waals surface area contributed by atoms with Crippen LogP contribution in [0.25, 0.3) is 10.1 Å². The molecule has 0 aliphatic heterocycles. The summed E-state index contributed by atoms with van der Waals surface area (Å²) in [5, 5.41) is 1.29. The molecular weight excluding hydrogens is 152 g/mol. The molecule has 0 amide bonds. The maximum atomic E-state index is 3.25. The molecule has 1 heteroatoms. The molecule has 1 aromatic heterocycles. The first-order valence-electron chi connectivity index (χ1n) is 3.65. The number of benzene rings is 1. The Hall–Kier alpha value is -0.820. The van der Waals surface area contributed by atoms with Crippen molar-refractivity contribution in [2.75, 3.05) is 0 Å². The summed E-state index contributed by atoms with van der Waals surface area (Å²) in [6, 6.07) is 9.41. The molecular formula is C10H9S. The lowest BCUT2D eigenvalue weighted by Crippen LogP contribution is -1.68. The number of hydrogen-bond donors (Lipinski definition) is 0. The van der Waals surface area contributed by atoms with Crippen molar-refractivity contribution in [3.8, 4) is 0 Å². The van der Waals surface area contributed by atoms with Crippen molar-refractivity contribution in [1.82, 2.24) is 0 Å². The smallest absolute Gasteiger partial charge is 0.0354 e. The van der Waals surface area contributed by atoms with Crippen molar-refractivity contribution < 1.29 is 0 Å². The molecule has 1 heterocycles. The zero-order chi connectivity index (χ0) is 7.84. The summed E-state index contributed by atoms with van der Waals surface area (Å²) in [6.45, 7) is 4.32. The fourth-order valence-electron chi connectivity index (χ4n) is 1.22. The third-order valence-electron chi connectivity index (χ3n) is 1.98. The SMILES string of the molecule is Cc1sc2ccc[c]c2c1C. The lowest BCUT2D eigenvalue weighted by atomic mass is 10.2. The molecule has 0 saturated heterocycles. The Morgan fingerprint density at radius 3 is 2.91 bits per heavy atom. The Kier molecular flexibility index (Phi) is 1.46. The van der Waals surface area contributed by atoms with Gasteiger partial charge in [-0.05, 0) is 31.5 Å². The quantitative estimate of drug-likeness (QED) is 0.556. The van der Waals surface area contributed by atoms with E-state index in [1.165, 1.54) is 20.5 Å². The summed E-state index contributed by atoms with van der Waals surface area (Å²) < 4.78 is 1.35. The molecule has 2 rings (SSSR count). The van der Waals surface area contributed by atoms with Crippen LogP contribution in [0, 0.1) is 19.9 Å². The van der Waals surface area contributed by atoms with E-state index in [1.54, 1.807) is 0 Å². The van der Waals surface area contributed by atoms with Gasteiger partial charge in [-0.25, -0.2) is 0 Å². The Morgan fingerprint density at radius 2 is 2.18 bits per heavy atom. The van der Waals surface area contributed by atoms with Gasteiger partial charge in [0.25, 0.3) is 0 Å². The topological polar surface area (TPSA) is 0 Å². The van der Waals surface area contributed by atoms with Crippen LogP contribution in [0.15, 0.2) is 18.2 Å². The molecule has 55 valence electrons. The van der Waals surface area contributed by atoms with Crippen molar-refractivity contribution >= 4 is 21.4 Å². The Bertz CT molecular complexity index is 385. The van der Waals surface area contributed by atoms with Crippen LogP contribution >= 0.6 is 11.3 Å². The standard InChI is InChI=1S/C10H9S/c1-7-8(2)11-10-6-4-3-5-9(7)10/h3-4,6H,1-2H3. The summed E-state index contributed by atoms with van der Waals surface area (Å²) in [7, 11) is 0. The molecule has 0 nitrogen and oxygen atoms in total. The van der Waals surface area contributed by atoms with E-state index in [0.717, 1.165) is 0 Å². The Morgan fingerprint density at radius 1 is 1.36 bits per heavy atom. The number of fused-ring (bicyclic) bond motifs is 1. The van der Waals surface area contributed by atoms with Crippen molar-refractivity contribution in [3.05, 3.63) is 34.7 Å².